The predicted octanol–water partition coefficient (Wildman–Crippen LogP) is 2.00. The van der Waals surface area contributed by atoms with Gasteiger partial charge in [0, 0.05) is 31.0 Å². The summed E-state index contributed by atoms with van der Waals surface area (Å²) >= 11 is 1.46. The van der Waals surface area contributed by atoms with Crippen molar-refractivity contribution in [3.05, 3.63) is 11.9 Å². The molecule has 0 fully saturated rings. The van der Waals surface area contributed by atoms with Gasteiger partial charge in [0.05, 0.1) is 5.75 Å². The Morgan fingerprint density at radius 3 is 2.63 bits per heavy atom. The zero-order valence-corrected chi connectivity index (χ0v) is 13.3. The zero-order valence-electron chi connectivity index (χ0n) is 11.6. The topological polar surface area (TPSA) is 72.0 Å². The first-order valence-corrected chi connectivity index (χ1v) is 9.41. The third-order valence-corrected chi connectivity index (χ3v) is 4.40. The van der Waals surface area contributed by atoms with Crippen molar-refractivity contribution in [2.45, 2.75) is 31.7 Å². The second kappa shape index (κ2) is 7.69. The number of anilines is 1. The number of hydrogen-bond donors (Lipinski definition) is 1. The molecule has 0 saturated carbocycles. The van der Waals surface area contributed by atoms with Gasteiger partial charge in [0.2, 0.25) is 0 Å². The molecule has 7 heteroatoms. The first kappa shape index (κ1) is 16.2. The lowest BCUT2D eigenvalue weighted by Crippen LogP contribution is -2.07. The third kappa shape index (κ3) is 6.77. The normalized spacial score (nSPS) is 11.5. The molecule has 0 bridgehead atoms. The third-order valence-electron chi connectivity index (χ3n) is 2.28. The molecule has 0 aliphatic heterocycles. The van der Waals surface area contributed by atoms with Crippen molar-refractivity contribution in [3.63, 3.8) is 0 Å². The largest absolute Gasteiger partial charge is 0.370 e. The molecule has 5 nitrogen and oxygen atoms in total. The van der Waals surface area contributed by atoms with E-state index in [4.69, 9.17) is 0 Å². The van der Waals surface area contributed by atoms with Crippen LogP contribution in [0.2, 0.25) is 0 Å². The lowest BCUT2D eigenvalue weighted by Gasteiger charge is -2.08. The molecule has 1 N–H and O–H groups in total. The molecule has 1 aromatic rings. The molecule has 1 aromatic heterocycles. The van der Waals surface area contributed by atoms with Gasteiger partial charge in [0.15, 0.2) is 0 Å². The van der Waals surface area contributed by atoms with Crippen LogP contribution < -0.4 is 5.32 Å². The Bertz CT molecular complexity index is 479. The Hall–Kier alpha value is -0.820. The van der Waals surface area contributed by atoms with E-state index in [0.29, 0.717) is 5.75 Å². The average Bonchev–Trinajstić information content (AvgIpc) is 2.28. The summed E-state index contributed by atoms with van der Waals surface area (Å²) in [5, 5.41) is 4.00. The minimum absolute atomic E-state index is 0.168. The minimum atomic E-state index is -2.91. The van der Waals surface area contributed by atoms with Crippen LogP contribution in [0.3, 0.4) is 0 Å². The second-order valence-electron chi connectivity index (χ2n) is 4.27. The fraction of sp³-hybridized carbons (Fsp3) is 0.667. The maximum Gasteiger partial charge on any atom is 0.148 e. The molecule has 0 radical (unpaired) electrons. The molecule has 1 rings (SSSR count). The van der Waals surface area contributed by atoms with Crippen LogP contribution in [0.1, 0.15) is 26.1 Å². The van der Waals surface area contributed by atoms with Crippen LogP contribution in [0.25, 0.3) is 0 Å². The first-order valence-electron chi connectivity index (χ1n) is 6.37. The van der Waals surface area contributed by atoms with Gasteiger partial charge in [-0.25, -0.2) is 18.4 Å². The first-order chi connectivity index (χ1) is 8.94. The molecule has 0 atom stereocenters. The number of hydrogen-bond acceptors (Lipinski definition) is 6. The van der Waals surface area contributed by atoms with Crippen molar-refractivity contribution < 1.29 is 8.42 Å². The van der Waals surface area contributed by atoms with Crippen LogP contribution in [-0.4, -0.2) is 42.7 Å². The lowest BCUT2D eigenvalue weighted by atomic mass is 10.3. The Labute approximate surface area is 119 Å². The van der Waals surface area contributed by atoms with E-state index in [9.17, 15) is 8.42 Å². The zero-order chi connectivity index (χ0) is 14.3. The maximum atomic E-state index is 11.1. The van der Waals surface area contributed by atoms with Gasteiger partial charge in [-0.3, -0.25) is 0 Å². The fourth-order valence-electron chi connectivity index (χ4n) is 1.45. The lowest BCUT2D eigenvalue weighted by molar-refractivity contribution is 0.603. The molecule has 0 aromatic carbocycles. The molecular weight excluding hydrogens is 282 g/mol. The Balaban J connectivity index is 2.74. The van der Waals surface area contributed by atoms with E-state index < -0.39 is 9.84 Å². The monoisotopic (exact) mass is 303 g/mol. The van der Waals surface area contributed by atoms with Crippen LogP contribution in [0, 0.1) is 0 Å². The van der Waals surface area contributed by atoms with Crippen molar-refractivity contribution in [1.82, 2.24) is 9.97 Å². The van der Waals surface area contributed by atoms with E-state index in [-0.39, 0.29) is 5.75 Å². The quantitative estimate of drug-likeness (QED) is 0.585. The standard InChI is InChI=1S/C12H21N3O2S2/c1-4-6-10-14-11(13-5-2)9-12(15-10)18-7-8-19(3,16)17/h9H,4-8H2,1-3H3,(H,13,14,15). The highest BCUT2D eigenvalue weighted by molar-refractivity contribution is 8.00. The van der Waals surface area contributed by atoms with Gasteiger partial charge in [-0.1, -0.05) is 6.92 Å². The van der Waals surface area contributed by atoms with Crippen molar-refractivity contribution in [2.24, 2.45) is 0 Å². The average molecular weight is 303 g/mol. The van der Waals surface area contributed by atoms with Crippen molar-refractivity contribution in [2.75, 3.05) is 29.6 Å². The SMILES string of the molecule is CCCc1nc(NCC)cc(SCCS(C)(=O)=O)n1. The van der Waals surface area contributed by atoms with E-state index in [0.717, 1.165) is 36.1 Å². The van der Waals surface area contributed by atoms with Gasteiger partial charge in [0.1, 0.15) is 26.5 Å². The summed E-state index contributed by atoms with van der Waals surface area (Å²) in [5.41, 5.74) is 0. The fourth-order valence-corrected chi connectivity index (χ4v) is 3.57. The maximum absolute atomic E-state index is 11.1. The molecule has 0 amide bonds. The van der Waals surface area contributed by atoms with Gasteiger partial charge in [-0.05, 0) is 13.3 Å². The van der Waals surface area contributed by atoms with Gasteiger partial charge in [0.25, 0.3) is 0 Å². The summed E-state index contributed by atoms with van der Waals surface area (Å²) in [6.45, 7) is 4.90. The van der Waals surface area contributed by atoms with Crippen molar-refractivity contribution in [1.29, 1.82) is 0 Å². The minimum Gasteiger partial charge on any atom is -0.370 e. The summed E-state index contributed by atoms with van der Waals surface area (Å²) in [6.07, 6.45) is 3.07. The number of nitrogens with zero attached hydrogens (tertiary/aromatic N) is 2. The molecular formula is C12H21N3O2S2. The Morgan fingerprint density at radius 1 is 1.32 bits per heavy atom. The summed E-state index contributed by atoms with van der Waals surface area (Å²) in [4.78, 5) is 8.86. The summed E-state index contributed by atoms with van der Waals surface area (Å²) in [6, 6.07) is 1.87. The number of sulfone groups is 1. The van der Waals surface area contributed by atoms with Gasteiger partial charge in [-0.15, -0.1) is 11.8 Å². The number of nitrogens with one attached hydrogen (secondary N) is 1. The molecule has 0 unspecified atom stereocenters. The molecule has 0 aliphatic rings. The molecule has 0 saturated heterocycles. The van der Waals surface area contributed by atoms with E-state index in [1.54, 1.807) is 0 Å². The number of rotatable bonds is 8. The molecule has 0 aliphatic carbocycles. The van der Waals surface area contributed by atoms with Crippen LogP contribution in [-0.2, 0) is 16.3 Å². The highest BCUT2D eigenvalue weighted by Gasteiger charge is 2.07. The van der Waals surface area contributed by atoms with E-state index >= 15 is 0 Å². The molecule has 0 spiro atoms. The van der Waals surface area contributed by atoms with Crippen LogP contribution in [0.15, 0.2) is 11.1 Å². The van der Waals surface area contributed by atoms with Gasteiger partial charge in [-0.2, -0.15) is 0 Å². The number of thioether (sulfide) groups is 1. The predicted molar refractivity (Wildman–Crippen MR) is 80.6 cm³/mol. The van der Waals surface area contributed by atoms with Crippen molar-refractivity contribution >= 4 is 27.4 Å². The number of aryl methyl sites for hydroxylation is 1. The molecule has 1 heterocycles. The molecule has 108 valence electrons. The van der Waals surface area contributed by atoms with Gasteiger partial charge >= 0.3 is 0 Å². The highest BCUT2D eigenvalue weighted by Crippen LogP contribution is 2.19. The van der Waals surface area contributed by atoms with Gasteiger partial charge < -0.3 is 5.32 Å². The van der Waals surface area contributed by atoms with Crippen LogP contribution in [0.5, 0.6) is 0 Å². The van der Waals surface area contributed by atoms with Crippen molar-refractivity contribution in [3.8, 4) is 0 Å². The summed E-state index contributed by atoms with van der Waals surface area (Å²) in [7, 11) is -2.91. The Morgan fingerprint density at radius 2 is 2.05 bits per heavy atom. The summed E-state index contributed by atoms with van der Waals surface area (Å²) in [5.74, 6) is 2.31. The highest BCUT2D eigenvalue weighted by atomic mass is 32.2. The second-order valence-corrected chi connectivity index (χ2v) is 7.64. The van der Waals surface area contributed by atoms with E-state index in [1.807, 2.05) is 13.0 Å². The Kier molecular flexibility index (Phi) is 6.57. The molecule has 19 heavy (non-hydrogen) atoms. The van der Waals surface area contributed by atoms with E-state index in [2.05, 4.69) is 22.2 Å². The number of aromatic nitrogens is 2. The smallest absolute Gasteiger partial charge is 0.148 e. The van der Waals surface area contributed by atoms with Crippen LogP contribution in [0.4, 0.5) is 5.82 Å². The van der Waals surface area contributed by atoms with Crippen LogP contribution >= 0.6 is 11.8 Å². The summed E-state index contributed by atoms with van der Waals surface area (Å²) < 4.78 is 22.2. The van der Waals surface area contributed by atoms with E-state index in [1.165, 1.54) is 18.0 Å².